The van der Waals surface area contributed by atoms with Crippen LogP contribution in [0.5, 0.6) is 11.5 Å². The van der Waals surface area contributed by atoms with Crippen molar-refractivity contribution < 1.29 is 19.7 Å². The summed E-state index contributed by atoms with van der Waals surface area (Å²) in [6.07, 6.45) is -1.29. The fourth-order valence-electron chi connectivity index (χ4n) is 3.44. The third kappa shape index (κ3) is 7.97. The van der Waals surface area contributed by atoms with Crippen LogP contribution in [0.15, 0.2) is 60.7 Å². The second-order valence-corrected chi connectivity index (χ2v) is 8.80. The van der Waals surface area contributed by atoms with E-state index in [0.29, 0.717) is 24.6 Å². The Labute approximate surface area is 202 Å². The number of rotatable bonds is 12. The summed E-state index contributed by atoms with van der Waals surface area (Å²) >= 11 is 0. The number of benzene rings is 3. The smallest absolute Gasteiger partial charge is 0.119 e. The third-order valence-corrected chi connectivity index (χ3v) is 5.55. The monoisotopic (exact) mass is 464 g/mol. The van der Waals surface area contributed by atoms with Crippen LogP contribution in [0.2, 0.25) is 0 Å². The quantitative estimate of drug-likeness (QED) is 0.313. The average Bonchev–Trinajstić information content (AvgIpc) is 2.83. The molecule has 0 heterocycles. The van der Waals surface area contributed by atoms with E-state index in [1.165, 1.54) is 11.1 Å². The number of aliphatic hydroxyl groups is 2. The molecule has 0 bridgehead atoms. The average molecular weight is 465 g/mol. The van der Waals surface area contributed by atoms with Crippen molar-refractivity contribution in [2.75, 3.05) is 36.9 Å². The zero-order chi connectivity index (χ0) is 24.5. The summed E-state index contributed by atoms with van der Waals surface area (Å²) in [4.78, 5) is 0. The molecule has 0 unspecified atom stereocenters. The summed E-state index contributed by atoms with van der Waals surface area (Å²) in [5, 5.41) is 27.0. The molecule has 2 atom stereocenters. The lowest BCUT2D eigenvalue weighted by molar-refractivity contribution is 0.115. The van der Waals surface area contributed by atoms with Gasteiger partial charge in [-0.3, -0.25) is 0 Å². The van der Waals surface area contributed by atoms with E-state index >= 15 is 0 Å². The minimum absolute atomic E-state index is 0.181. The minimum atomic E-state index is -0.643. The third-order valence-electron chi connectivity index (χ3n) is 5.55. The van der Waals surface area contributed by atoms with Gasteiger partial charge in [0.05, 0.1) is 0 Å². The summed E-state index contributed by atoms with van der Waals surface area (Å²) < 4.78 is 11.4. The van der Waals surface area contributed by atoms with E-state index in [2.05, 4.69) is 47.0 Å². The molecule has 3 aromatic rings. The normalized spacial score (nSPS) is 12.6. The zero-order valence-corrected chi connectivity index (χ0v) is 20.5. The molecule has 182 valence electrons. The molecule has 0 aromatic heterocycles. The van der Waals surface area contributed by atoms with Crippen LogP contribution in [0.4, 0.5) is 11.4 Å². The van der Waals surface area contributed by atoms with Gasteiger partial charge in [-0.05, 0) is 86.3 Å². The lowest BCUT2D eigenvalue weighted by Gasteiger charge is -2.17. The predicted molar refractivity (Wildman–Crippen MR) is 138 cm³/mol. The van der Waals surface area contributed by atoms with Gasteiger partial charge in [0.1, 0.15) is 36.9 Å². The fraction of sp³-hybridized carbons (Fsp3) is 0.357. The molecule has 0 radical (unpaired) electrons. The van der Waals surface area contributed by atoms with E-state index in [9.17, 15) is 10.2 Å². The molecule has 6 heteroatoms. The molecular formula is C28H36N2O4. The topological polar surface area (TPSA) is 83.0 Å². The van der Waals surface area contributed by atoms with Crippen molar-refractivity contribution in [2.24, 2.45) is 0 Å². The molecule has 3 aromatic carbocycles. The van der Waals surface area contributed by atoms with Crippen molar-refractivity contribution in [1.82, 2.24) is 0 Å². The van der Waals surface area contributed by atoms with Gasteiger partial charge in [0.25, 0.3) is 0 Å². The molecule has 0 saturated heterocycles. The van der Waals surface area contributed by atoms with Gasteiger partial charge >= 0.3 is 0 Å². The van der Waals surface area contributed by atoms with Crippen LogP contribution < -0.4 is 20.1 Å². The Morgan fingerprint density at radius 1 is 0.618 bits per heavy atom. The highest BCUT2D eigenvalue weighted by Crippen LogP contribution is 2.20. The second kappa shape index (κ2) is 12.3. The van der Waals surface area contributed by atoms with Gasteiger partial charge < -0.3 is 30.3 Å². The van der Waals surface area contributed by atoms with Crippen LogP contribution in [-0.2, 0) is 0 Å². The Balaban J connectivity index is 1.37. The van der Waals surface area contributed by atoms with Crippen LogP contribution >= 0.6 is 0 Å². The van der Waals surface area contributed by atoms with Gasteiger partial charge in [0, 0.05) is 24.5 Å². The first-order chi connectivity index (χ1) is 16.3. The Kier molecular flexibility index (Phi) is 9.19. The maximum atomic E-state index is 10.3. The number of hydrogen-bond donors (Lipinski definition) is 4. The Morgan fingerprint density at radius 3 is 1.38 bits per heavy atom. The van der Waals surface area contributed by atoms with Crippen molar-refractivity contribution in [3.05, 3.63) is 82.9 Å². The van der Waals surface area contributed by atoms with Gasteiger partial charge in [-0.1, -0.05) is 24.3 Å². The van der Waals surface area contributed by atoms with Crippen molar-refractivity contribution >= 4 is 11.4 Å². The lowest BCUT2D eigenvalue weighted by Crippen LogP contribution is -2.26. The number of ether oxygens (including phenoxy) is 2. The molecule has 0 aliphatic carbocycles. The van der Waals surface area contributed by atoms with Crippen LogP contribution in [0.3, 0.4) is 0 Å². The van der Waals surface area contributed by atoms with E-state index in [-0.39, 0.29) is 13.2 Å². The Hall–Kier alpha value is -3.22. The molecule has 0 aliphatic heterocycles. The summed E-state index contributed by atoms with van der Waals surface area (Å²) in [6.45, 7) is 9.33. The molecule has 0 amide bonds. The molecule has 0 fully saturated rings. The van der Waals surface area contributed by atoms with Gasteiger partial charge in [-0.2, -0.15) is 0 Å². The largest absolute Gasteiger partial charge is 0.491 e. The molecule has 34 heavy (non-hydrogen) atoms. The maximum absolute atomic E-state index is 10.3. The highest BCUT2D eigenvalue weighted by Gasteiger charge is 2.09. The van der Waals surface area contributed by atoms with Crippen LogP contribution in [0, 0.1) is 27.7 Å². The number of anilines is 2. The number of hydrogen-bond acceptors (Lipinski definition) is 6. The van der Waals surface area contributed by atoms with Gasteiger partial charge in [-0.25, -0.2) is 0 Å². The minimum Gasteiger partial charge on any atom is -0.491 e. The first-order valence-corrected chi connectivity index (χ1v) is 11.6. The van der Waals surface area contributed by atoms with E-state index < -0.39 is 12.2 Å². The second-order valence-electron chi connectivity index (χ2n) is 8.80. The molecule has 3 rings (SSSR count). The first kappa shape index (κ1) is 25.4. The van der Waals surface area contributed by atoms with Gasteiger partial charge in [-0.15, -0.1) is 0 Å². The van der Waals surface area contributed by atoms with E-state index in [4.69, 9.17) is 9.47 Å². The number of nitrogens with one attached hydrogen (secondary N) is 2. The number of aliphatic hydroxyl groups excluding tert-OH is 2. The maximum Gasteiger partial charge on any atom is 0.119 e. The Bertz CT molecular complexity index is 968. The summed E-state index contributed by atoms with van der Waals surface area (Å²) in [5.41, 5.74) is 6.66. The van der Waals surface area contributed by atoms with Gasteiger partial charge in [0.15, 0.2) is 0 Å². The van der Waals surface area contributed by atoms with Gasteiger partial charge in [0.2, 0.25) is 0 Å². The number of aryl methyl sites for hydroxylation is 4. The van der Waals surface area contributed by atoms with Crippen molar-refractivity contribution in [3.8, 4) is 11.5 Å². The molecule has 0 saturated carbocycles. The lowest BCUT2D eigenvalue weighted by atomic mass is 10.1. The van der Waals surface area contributed by atoms with E-state index in [1.54, 1.807) is 24.3 Å². The highest BCUT2D eigenvalue weighted by atomic mass is 16.5. The van der Waals surface area contributed by atoms with E-state index in [0.717, 1.165) is 22.5 Å². The molecular weight excluding hydrogens is 428 g/mol. The molecule has 0 aliphatic rings. The molecule has 4 N–H and O–H groups in total. The highest BCUT2D eigenvalue weighted by molar-refractivity contribution is 5.53. The van der Waals surface area contributed by atoms with Crippen molar-refractivity contribution in [2.45, 2.75) is 39.9 Å². The first-order valence-electron chi connectivity index (χ1n) is 11.6. The predicted octanol–water partition coefficient (Wildman–Crippen LogP) is 4.62. The molecule has 0 spiro atoms. The van der Waals surface area contributed by atoms with Crippen LogP contribution in [0.1, 0.15) is 22.3 Å². The van der Waals surface area contributed by atoms with Crippen molar-refractivity contribution in [1.29, 1.82) is 0 Å². The zero-order valence-electron chi connectivity index (χ0n) is 20.5. The SMILES string of the molecule is Cc1ccc(C)c(NC[C@@H](O)COc2ccc(OC[C@@H](O)CNc3cc(C)ccc3C)cc2)c1. The summed E-state index contributed by atoms with van der Waals surface area (Å²) in [5.74, 6) is 1.30. The van der Waals surface area contributed by atoms with E-state index in [1.807, 2.05) is 27.7 Å². The standard InChI is InChI=1S/C28H36N2O4/c1-19-5-7-21(3)27(13-19)29-15-23(31)17-33-25-9-11-26(12-10-25)34-18-24(32)16-30-28-14-20(2)6-8-22(28)4/h5-14,23-24,29-32H,15-18H2,1-4H3/t23-,24+. The Morgan fingerprint density at radius 2 is 1.00 bits per heavy atom. The summed E-state index contributed by atoms with van der Waals surface area (Å²) in [7, 11) is 0. The fourth-order valence-corrected chi connectivity index (χ4v) is 3.44. The summed E-state index contributed by atoms with van der Waals surface area (Å²) in [6, 6.07) is 19.6. The molecule has 6 nitrogen and oxygen atoms in total. The van der Waals surface area contributed by atoms with Crippen molar-refractivity contribution in [3.63, 3.8) is 0 Å². The van der Waals surface area contributed by atoms with Crippen LogP contribution in [-0.4, -0.2) is 48.7 Å². The van der Waals surface area contributed by atoms with Crippen LogP contribution in [0.25, 0.3) is 0 Å².